The standard InChI is InChI=1S/C41H65NO13/c1-6-7-8-9-10-14-36(46)54-39-27(18-37(47)50-5)17-34-24-35(25-43)53-38(48)22-29(45)21-30-12-11-13-31(51-30)23-33-20-28(42-26(2)44)19-32(52-33)15-16-40(3,4)41(39,49)55-34/h15-16,18,28-35,39,43,45,49H,6-14,17,19-25H2,1-5H3,(H,42,44)/b16-15+,27-18+/t28-,29-,30+,31-,32+,33+,34+,35-,39+,41-/m1/s1. The number of nitrogens with one attached hydrogen (secondary N) is 1. The van der Waals surface area contributed by atoms with Crippen molar-refractivity contribution < 1.29 is 62.9 Å². The van der Waals surface area contributed by atoms with Crippen LogP contribution < -0.4 is 5.32 Å². The topological polar surface area (TPSA) is 196 Å². The zero-order valence-electron chi connectivity index (χ0n) is 33.4. The minimum atomic E-state index is -2.28. The molecule has 0 aliphatic carbocycles. The maximum absolute atomic E-state index is 13.4. The molecule has 0 aromatic rings. The number of hydrogen-bond acceptors (Lipinski definition) is 13. The summed E-state index contributed by atoms with van der Waals surface area (Å²) < 4.78 is 36.0. The fourth-order valence-electron chi connectivity index (χ4n) is 8.25. The molecule has 3 saturated heterocycles. The zero-order valence-corrected chi connectivity index (χ0v) is 33.4. The Balaban J connectivity index is 1.73. The number of amides is 1. The van der Waals surface area contributed by atoms with E-state index in [2.05, 4.69) is 12.2 Å². The summed E-state index contributed by atoms with van der Waals surface area (Å²) in [6, 6.07) is -0.187. The van der Waals surface area contributed by atoms with Crippen LogP contribution in [0.15, 0.2) is 23.8 Å². The molecule has 4 aliphatic heterocycles. The molecule has 3 fully saturated rings. The first-order chi connectivity index (χ1) is 26.1. The molecule has 4 rings (SSSR count). The van der Waals surface area contributed by atoms with Crippen molar-refractivity contribution in [1.82, 2.24) is 5.32 Å². The van der Waals surface area contributed by atoms with Gasteiger partial charge in [-0.25, -0.2) is 4.79 Å². The lowest BCUT2D eigenvalue weighted by Gasteiger charge is -2.51. The second-order valence-electron chi connectivity index (χ2n) is 16.3. The second kappa shape index (κ2) is 21.0. The van der Waals surface area contributed by atoms with E-state index in [-0.39, 0.29) is 67.9 Å². The number of aliphatic hydroxyl groups excluding tert-OH is 2. The van der Waals surface area contributed by atoms with Gasteiger partial charge in [0.15, 0.2) is 6.10 Å². The minimum Gasteiger partial charge on any atom is -0.466 e. The van der Waals surface area contributed by atoms with E-state index >= 15 is 0 Å². The van der Waals surface area contributed by atoms with Crippen molar-refractivity contribution in [1.29, 1.82) is 0 Å². The molecule has 4 heterocycles. The number of hydrogen-bond donors (Lipinski definition) is 4. The number of ether oxygens (including phenoxy) is 6. The fourth-order valence-corrected chi connectivity index (χ4v) is 8.25. The summed E-state index contributed by atoms with van der Waals surface area (Å²) in [5, 5.41) is 37.0. The van der Waals surface area contributed by atoms with Gasteiger partial charge in [0.2, 0.25) is 11.7 Å². The van der Waals surface area contributed by atoms with Gasteiger partial charge in [-0.3, -0.25) is 14.4 Å². The van der Waals surface area contributed by atoms with Gasteiger partial charge in [-0.15, -0.1) is 0 Å². The van der Waals surface area contributed by atoms with Crippen molar-refractivity contribution in [2.75, 3.05) is 13.7 Å². The molecule has 0 unspecified atom stereocenters. The molecule has 14 heteroatoms. The van der Waals surface area contributed by atoms with Gasteiger partial charge in [-0.1, -0.05) is 58.6 Å². The van der Waals surface area contributed by atoms with Crippen molar-refractivity contribution in [3.05, 3.63) is 23.8 Å². The molecule has 4 N–H and O–H groups in total. The van der Waals surface area contributed by atoms with Crippen LogP contribution in [0.2, 0.25) is 0 Å². The third-order valence-electron chi connectivity index (χ3n) is 11.2. The van der Waals surface area contributed by atoms with Crippen LogP contribution in [0.1, 0.15) is 130 Å². The Morgan fingerprint density at radius 1 is 0.964 bits per heavy atom. The molecule has 6 bridgehead atoms. The quantitative estimate of drug-likeness (QED) is 0.0809. The Kier molecular flexibility index (Phi) is 17.2. The number of aliphatic hydroxyl groups is 3. The molecule has 0 radical (unpaired) electrons. The van der Waals surface area contributed by atoms with Crippen molar-refractivity contribution in [2.45, 2.75) is 191 Å². The highest BCUT2D eigenvalue weighted by Gasteiger charge is 2.57. The van der Waals surface area contributed by atoms with Gasteiger partial charge in [0.25, 0.3) is 0 Å². The van der Waals surface area contributed by atoms with E-state index in [0.29, 0.717) is 25.7 Å². The Bertz CT molecular complexity index is 1350. The molecule has 4 aliphatic rings. The van der Waals surface area contributed by atoms with Crippen molar-refractivity contribution in [2.24, 2.45) is 5.41 Å². The zero-order chi connectivity index (χ0) is 40.2. The summed E-state index contributed by atoms with van der Waals surface area (Å²) in [6.45, 7) is 6.44. The van der Waals surface area contributed by atoms with Crippen molar-refractivity contribution in [3.63, 3.8) is 0 Å². The molecule has 312 valence electrons. The summed E-state index contributed by atoms with van der Waals surface area (Å²) in [5.74, 6) is -4.45. The molecule has 1 amide bonds. The number of cyclic esters (lactones) is 1. The predicted octanol–water partition coefficient (Wildman–Crippen LogP) is 4.25. The number of unbranched alkanes of at least 4 members (excludes halogenated alkanes) is 4. The van der Waals surface area contributed by atoms with Gasteiger partial charge in [0, 0.05) is 43.7 Å². The molecule has 0 aromatic carbocycles. The molecule has 14 nitrogen and oxygen atoms in total. The van der Waals surface area contributed by atoms with E-state index < -0.39 is 66.2 Å². The van der Waals surface area contributed by atoms with Crippen molar-refractivity contribution in [3.8, 4) is 0 Å². The summed E-state index contributed by atoms with van der Waals surface area (Å²) in [4.78, 5) is 51.3. The first-order valence-electron chi connectivity index (χ1n) is 20.3. The highest BCUT2D eigenvalue weighted by Crippen LogP contribution is 2.47. The highest BCUT2D eigenvalue weighted by molar-refractivity contribution is 5.83. The van der Waals surface area contributed by atoms with E-state index in [9.17, 15) is 34.5 Å². The first kappa shape index (κ1) is 44.8. The third-order valence-corrected chi connectivity index (χ3v) is 11.2. The highest BCUT2D eigenvalue weighted by atomic mass is 16.7. The van der Waals surface area contributed by atoms with Gasteiger partial charge in [-0.05, 0) is 56.9 Å². The maximum atomic E-state index is 13.4. The van der Waals surface area contributed by atoms with Gasteiger partial charge in [0.05, 0.1) is 56.8 Å². The average Bonchev–Trinajstić information content (AvgIpc) is 3.11. The van der Waals surface area contributed by atoms with Crippen molar-refractivity contribution >= 4 is 23.8 Å². The smallest absolute Gasteiger partial charge is 0.330 e. The fraction of sp³-hybridized carbons (Fsp3) is 0.805. The Labute approximate surface area is 325 Å². The van der Waals surface area contributed by atoms with Crippen LogP contribution in [0.3, 0.4) is 0 Å². The van der Waals surface area contributed by atoms with Crippen LogP contribution in [-0.4, -0.2) is 114 Å². The van der Waals surface area contributed by atoms with E-state index in [0.717, 1.165) is 44.9 Å². The predicted molar refractivity (Wildman–Crippen MR) is 200 cm³/mol. The lowest BCUT2D eigenvalue weighted by molar-refractivity contribution is -0.327. The lowest BCUT2D eigenvalue weighted by atomic mass is 9.74. The summed E-state index contributed by atoms with van der Waals surface area (Å²) >= 11 is 0. The van der Waals surface area contributed by atoms with Crippen LogP contribution in [-0.2, 0) is 47.6 Å². The summed E-state index contributed by atoms with van der Waals surface area (Å²) in [6.07, 6.45) is 7.55. The number of fused-ring (bicyclic) bond motifs is 6. The largest absolute Gasteiger partial charge is 0.466 e. The van der Waals surface area contributed by atoms with Gasteiger partial charge < -0.3 is 49.1 Å². The average molecular weight is 780 g/mol. The number of methoxy groups -OCH3 is 1. The first-order valence-corrected chi connectivity index (χ1v) is 20.3. The second-order valence-corrected chi connectivity index (χ2v) is 16.3. The third kappa shape index (κ3) is 13.3. The monoisotopic (exact) mass is 779 g/mol. The molecular formula is C41H65NO13. The summed E-state index contributed by atoms with van der Waals surface area (Å²) in [7, 11) is 1.21. The molecule has 0 saturated carbocycles. The number of carbonyl (C=O) groups is 4. The van der Waals surface area contributed by atoms with Crippen LogP contribution in [0.5, 0.6) is 0 Å². The van der Waals surface area contributed by atoms with Gasteiger partial charge in [0.1, 0.15) is 6.10 Å². The lowest BCUT2D eigenvalue weighted by Crippen LogP contribution is -2.62. The Hall–Kier alpha value is -2.88. The van der Waals surface area contributed by atoms with Crippen LogP contribution in [0, 0.1) is 5.41 Å². The van der Waals surface area contributed by atoms with Crippen LogP contribution in [0.25, 0.3) is 0 Å². The van der Waals surface area contributed by atoms with E-state index in [1.807, 2.05) is 6.08 Å². The number of esters is 3. The minimum absolute atomic E-state index is 0.0195. The number of carbonyl (C=O) groups excluding carboxylic acids is 4. The summed E-state index contributed by atoms with van der Waals surface area (Å²) in [5.41, 5.74) is -1.08. The normalized spacial score (nSPS) is 35.8. The van der Waals surface area contributed by atoms with Crippen LogP contribution in [0.4, 0.5) is 0 Å². The molecular weight excluding hydrogens is 714 g/mol. The molecule has 55 heavy (non-hydrogen) atoms. The van der Waals surface area contributed by atoms with Gasteiger partial charge in [-0.2, -0.15) is 0 Å². The van der Waals surface area contributed by atoms with E-state index in [1.165, 1.54) is 20.1 Å². The van der Waals surface area contributed by atoms with E-state index in [1.54, 1.807) is 19.9 Å². The van der Waals surface area contributed by atoms with Gasteiger partial charge >= 0.3 is 17.9 Å². The Morgan fingerprint density at radius 2 is 1.69 bits per heavy atom. The SMILES string of the molecule is CCCCCCCC(=O)O[C@H]1/C(=C/C(=O)OC)C[C@H]2C[C@H](CO)OC(=O)C[C@H](O)C[C@@H]3CCC[C@H](C[C@@H]4C[C@H](NC(C)=O)C[C@H](/C=C/C(C)(C)[C@]1(O)O2)O4)O3. The Morgan fingerprint density at radius 3 is 2.38 bits per heavy atom. The maximum Gasteiger partial charge on any atom is 0.330 e. The number of rotatable bonds is 10. The molecule has 10 atom stereocenters. The van der Waals surface area contributed by atoms with E-state index in [4.69, 9.17) is 28.4 Å². The molecule has 0 spiro atoms. The van der Waals surface area contributed by atoms with Crippen LogP contribution >= 0.6 is 0 Å². The molecule has 0 aromatic heterocycles.